The Morgan fingerprint density at radius 3 is 2.62 bits per heavy atom. The highest BCUT2D eigenvalue weighted by atomic mass is 32.2. The molecule has 1 atom stereocenters. The number of carbonyl (C=O) groups is 1. The minimum absolute atomic E-state index is 0.0434. The van der Waals surface area contributed by atoms with Crippen LogP contribution in [0.4, 0.5) is 4.39 Å². The van der Waals surface area contributed by atoms with Gasteiger partial charge in [-0.1, -0.05) is 12.1 Å². The molecule has 1 aromatic rings. The molecule has 21 heavy (non-hydrogen) atoms. The summed E-state index contributed by atoms with van der Waals surface area (Å²) >= 11 is 0. The number of hydrogen-bond donors (Lipinski definition) is 0. The van der Waals surface area contributed by atoms with Crippen LogP contribution in [-0.4, -0.2) is 36.8 Å². The minimum atomic E-state index is -3.07. The number of rotatable bonds is 4. The highest BCUT2D eigenvalue weighted by Crippen LogP contribution is 2.32. The summed E-state index contributed by atoms with van der Waals surface area (Å²) in [6, 6.07) is 6.39. The maximum Gasteiger partial charge on any atom is 0.227 e. The second-order valence-electron chi connectivity index (χ2n) is 5.93. The molecule has 1 aromatic carbocycles. The molecule has 4 nitrogen and oxygen atoms in total. The van der Waals surface area contributed by atoms with Gasteiger partial charge in [-0.25, -0.2) is 12.8 Å². The molecule has 2 fully saturated rings. The third-order valence-electron chi connectivity index (χ3n) is 4.09. The molecular formula is C15H18FNO3S. The molecule has 0 radical (unpaired) electrons. The molecule has 1 saturated heterocycles. The molecule has 6 heteroatoms. The lowest BCUT2D eigenvalue weighted by molar-refractivity contribution is -0.136. The standard InChI is InChI=1S/C15H18FNO3S/c16-13-3-1-2-11(8-13)9-17(14-4-5-14)15(18)12-6-7-21(19,20)10-12/h1-3,8,12,14H,4-7,9-10H2. The summed E-state index contributed by atoms with van der Waals surface area (Å²) in [5.41, 5.74) is 0.746. The van der Waals surface area contributed by atoms with E-state index < -0.39 is 15.8 Å². The first-order valence-electron chi connectivity index (χ1n) is 7.20. The van der Waals surface area contributed by atoms with Gasteiger partial charge in [-0.15, -0.1) is 0 Å². The van der Waals surface area contributed by atoms with Gasteiger partial charge < -0.3 is 4.90 Å². The maximum absolute atomic E-state index is 13.3. The van der Waals surface area contributed by atoms with Crippen molar-refractivity contribution in [3.8, 4) is 0 Å². The molecule has 0 aromatic heterocycles. The Labute approximate surface area is 123 Å². The SMILES string of the molecule is O=C(C1CCS(=O)(=O)C1)N(Cc1cccc(F)c1)C1CC1. The summed E-state index contributed by atoms with van der Waals surface area (Å²) in [7, 11) is -3.07. The van der Waals surface area contributed by atoms with Gasteiger partial charge in [-0.2, -0.15) is 0 Å². The predicted molar refractivity (Wildman–Crippen MR) is 76.7 cm³/mol. The summed E-state index contributed by atoms with van der Waals surface area (Å²) in [6.07, 6.45) is 2.30. The Kier molecular flexibility index (Phi) is 3.73. The van der Waals surface area contributed by atoms with E-state index in [9.17, 15) is 17.6 Å². The minimum Gasteiger partial charge on any atom is -0.335 e. The van der Waals surface area contributed by atoms with Crippen LogP contribution in [0.25, 0.3) is 0 Å². The van der Waals surface area contributed by atoms with Gasteiger partial charge in [0.25, 0.3) is 0 Å². The summed E-state index contributed by atoms with van der Waals surface area (Å²) in [4.78, 5) is 14.3. The number of amides is 1. The van der Waals surface area contributed by atoms with Gasteiger partial charge in [0.1, 0.15) is 5.82 Å². The zero-order chi connectivity index (χ0) is 15.0. The second-order valence-corrected chi connectivity index (χ2v) is 8.16. The van der Waals surface area contributed by atoms with Crippen LogP contribution in [0.2, 0.25) is 0 Å². The highest BCUT2D eigenvalue weighted by molar-refractivity contribution is 7.91. The molecule has 1 saturated carbocycles. The summed E-state index contributed by atoms with van der Waals surface area (Å²) in [5.74, 6) is -0.786. The topological polar surface area (TPSA) is 54.5 Å². The molecule has 1 aliphatic heterocycles. The quantitative estimate of drug-likeness (QED) is 0.851. The van der Waals surface area contributed by atoms with Crippen molar-refractivity contribution in [1.82, 2.24) is 4.90 Å². The van der Waals surface area contributed by atoms with E-state index in [0.29, 0.717) is 13.0 Å². The number of hydrogen-bond acceptors (Lipinski definition) is 3. The van der Waals surface area contributed by atoms with Crippen molar-refractivity contribution in [2.75, 3.05) is 11.5 Å². The molecule has 1 amide bonds. The molecule has 0 bridgehead atoms. The van der Waals surface area contributed by atoms with E-state index in [1.165, 1.54) is 12.1 Å². The van der Waals surface area contributed by atoms with E-state index >= 15 is 0 Å². The van der Waals surface area contributed by atoms with E-state index in [1.54, 1.807) is 17.0 Å². The van der Waals surface area contributed by atoms with Gasteiger partial charge in [0.05, 0.1) is 17.4 Å². The zero-order valence-electron chi connectivity index (χ0n) is 11.7. The van der Waals surface area contributed by atoms with Gasteiger partial charge in [-0.3, -0.25) is 4.79 Å². The first kappa shape index (κ1) is 14.5. The van der Waals surface area contributed by atoms with Gasteiger partial charge >= 0.3 is 0 Å². The van der Waals surface area contributed by atoms with E-state index in [1.807, 2.05) is 0 Å². The van der Waals surface area contributed by atoms with Crippen molar-refractivity contribution < 1.29 is 17.6 Å². The third kappa shape index (κ3) is 3.43. The number of sulfone groups is 1. The first-order chi connectivity index (χ1) is 9.94. The van der Waals surface area contributed by atoms with E-state index in [4.69, 9.17) is 0 Å². The zero-order valence-corrected chi connectivity index (χ0v) is 12.5. The molecule has 114 valence electrons. The van der Waals surface area contributed by atoms with E-state index in [0.717, 1.165) is 18.4 Å². The van der Waals surface area contributed by atoms with Crippen LogP contribution < -0.4 is 0 Å². The fourth-order valence-electron chi connectivity index (χ4n) is 2.83. The summed E-state index contributed by atoms with van der Waals surface area (Å²) in [5, 5.41) is 0. The fourth-order valence-corrected chi connectivity index (χ4v) is 4.56. The molecule has 1 aliphatic carbocycles. The summed E-state index contributed by atoms with van der Waals surface area (Å²) < 4.78 is 36.3. The number of nitrogens with zero attached hydrogens (tertiary/aromatic N) is 1. The smallest absolute Gasteiger partial charge is 0.227 e. The average Bonchev–Trinajstić information content (AvgIpc) is 3.19. The first-order valence-corrected chi connectivity index (χ1v) is 9.02. The van der Waals surface area contributed by atoms with Crippen LogP contribution in [-0.2, 0) is 21.2 Å². The van der Waals surface area contributed by atoms with Crippen molar-refractivity contribution in [3.05, 3.63) is 35.6 Å². The molecule has 0 spiro atoms. The summed E-state index contributed by atoms with van der Waals surface area (Å²) in [6.45, 7) is 0.359. The van der Waals surface area contributed by atoms with Crippen LogP contribution in [0.3, 0.4) is 0 Å². The van der Waals surface area contributed by atoms with Gasteiger partial charge in [0, 0.05) is 12.6 Å². The van der Waals surface area contributed by atoms with Crippen LogP contribution in [0.5, 0.6) is 0 Å². The normalized spacial score (nSPS) is 24.0. The lowest BCUT2D eigenvalue weighted by atomic mass is 10.1. The maximum atomic E-state index is 13.3. The fraction of sp³-hybridized carbons (Fsp3) is 0.533. The number of carbonyl (C=O) groups excluding carboxylic acids is 1. The molecule has 1 heterocycles. The van der Waals surface area contributed by atoms with Crippen molar-refractivity contribution in [2.24, 2.45) is 5.92 Å². The van der Waals surface area contributed by atoms with Crippen LogP contribution >= 0.6 is 0 Å². The van der Waals surface area contributed by atoms with Crippen molar-refractivity contribution in [1.29, 1.82) is 0 Å². The Morgan fingerprint density at radius 1 is 1.29 bits per heavy atom. The van der Waals surface area contributed by atoms with Gasteiger partial charge in [-0.05, 0) is 37.0 Å². The largest absolute Gasteiger partial charge is 0.335 e. The third-order valence-corrected chi connectivity index (χ3v) is 5.86. The van der Waals surface area contributed by atoms with E-state index in [2.05, 4.69) is 0 Å². The number of halogens is 1. The Hall–Kier alpha value is -1.43. The average molecular weight is 311 g/mol. The molecule has 3 rings (SSSR count). The van der Waals surface area contributed by atoms with E-state index in [-0.39, 0.29) is 29.3 Å². The number of benzene rings is 1. The molecule has 2 aliphatic rings. The van der Waals surface area contributed by atoms with Crippen molar-refractivity contribution in [3.63, 3.8) is 0 Å². The molecular weight excluding hydrogens is 293 g/mol. The Bertz CT molecular complexity index is 655. The Balaban J connectivity index is 1.74. The Morgan fingerprint density at radius 2 is 2.05 bits per heavy atom. The van der Waals surface area contributed by atoms with Crippen LogP contribution in [0.15, 0.2) is 24.3 Å². The van der Waals surface area contributed by atoms with Crippen molar-refractivity contribution in [2.45, 2.75) is 31.8 Å². The van der Waals surface area contributed by atoms with Crippen LogP contribution in [0, 0.1) is 11.7 Å². The van der Waals surface area contributed by atoms with Crippen molar-refractivity contribution >= 4 is 15.7 Å². The lowest BCUT2D eigenvalue weighted by Gasteiger charge is -2.25. The van der Waals surface area contributed by atoms with Gasteiger partial charge in [0.2, 0.25) is 5.91 Å². The lowest BCUT2D eigenvalue weighted by Crippen LogP contribution is -2.37. The molecule has 0 N–H and O–H groups in total. The predicted octanol–water partition coefficient (Wildman–Crippen LogP) is 1.75. The van der Waals surface area contributed by atoms with Gasteiger partial charge in [0.15, 0.2) is 9.84 Å². The van der Waals surface area contributed by atoms with Crippen LogP contribution in [0.1, 0.15) is 24.8 Å². The monoisotopic (exact) mass is 311 g/mol. The molecule has 1 unspecified atom stereocenters. The highest BCUT2D eigenvalue weighted by Gasteiger charge is 2.40. The second kappa shape index (κ2) is 5.40.